The number of aliphatic hydroxyl groups is 1. The largest absolute Gasteiger partial charge is 0.391 e. The van der Waals surface area contributed by atoms with E-state index in [0.717, 1.165) is 29.5 Å². The molecule has 0 aliphatic carbocycles. The minimum atomic E-state index is -0.346. The van der Waals surface area contributed by atoms with E-state index in [1.54, 1.807) is 17.4 Å². The summed E-state index contributed by atoms with van der Waals surface area (Å²) in [7, 11) is 0. The SMILES string of the molecule is Cc1nc2nc(N3CCOCC3)sc2cc1NC(=O)c1cccc(N2CCC(O)C2)n1. The lowest BCUT2D eigenvalue weighted by atomic mass is 10.2. The molecule has 2 aliphatic heterocycles. The van der Waals surface area contributed by atoms with Crippen molar-refractivity contribution in [3.05, 3.63) is 35.7 Å². The first-order valence-electron chi connectivity index (χ1n) is 10.4. The predicted octanol–water partition coefficient (Wildman–Crippen LogP) is 2.05. The van der Waals surface area contributed by atoms with Gasteiger partial charge in [-0.1, -0.05) is 17.4 Å². The Balaban J connectivity index is 1.36. The lowest BCUT2D eigenvalue weighted by Crippen LogP contribution is -2.36. The number of hydrogen-bond donors (Lipinski definition) is 2. The maximum Gasteiger partial charge on any atom is 0.274 e. The Morgan fingerprint density at radius 1 is 1.19 bits per heavy atom. The number of nitrogens with zero attached hydrogens (tertiary/aromatic N) is 5. The highest BCUT2D eigenvalue weighted by atomic mass is 32.1. The Bertz CT molecular complexity index is 1110. The Morgan fingerprint density at radius 3 is 2.81 bits per heavy atom. The van der Waals surface area contributed by atoms with Gasteiger partial charge in [-0.05, 0) is 31.5 Å². The number of thiazole rings is 1. The molecule has 10 heteroatoms. The zero-order chi connectivity index (χ0) is 21.4. The Kier molecular flexibility index (Phi) is 5.43. The number of amides is 1. The molecule has 5 heterocycles. The quantitative estimate of drug-likeness (QED) is 0.635. The first-order chi connectivity index (χ1) is 15.1. The van der Waals surface area contributed by atoms with E-state index < -0.39 is 0 Å². The van der Waals surface area contributed by atoms with E-state index in [4.69, 9.17) is 4.74 Å². The fraction of sp³-hybridized carbons (Fsp3) is 0.429. The maximum absolute atomic E-state index is 12.9. The number of ether oxygens (including phenoxy) is 1. The van der Waals surface area contributed by atoms with Crippen LogP contribution in [0, 0.1) is 6.92 Å². The lowest BCUT2D eigenvalue weighted by Gasteiger charge is -2.25. The number of hydrogen-bond acceptors (Lipinski definition) is 9. The number of anilines is 3. The minimum Gasteiger partial charge on any atom is -0.391 e. The van der Waals surface area contributed by atoms with Crippen molar-refractivity contribution in [3.8, 4) is 0 Å². The molecular formula is C21H24N6O3S. The van der Waals surface area contributed by atoms with Crippen LogP contribution in [0.2, 0.25) is 0 Å². The van der Waals surface area contributed by atoms with Crippen LogP contribution in [-0.4, -0.2) is 71.5 Å². The number of fused-ring (bicyclic) bond motifs is 1. The number of aryl methyl sites for hydroxylation is 1. The first kappa shape index (κ1) is 20.1. The van der Waals surface area contributed by atoms with Crippen LogP contribution in [0.3, 0.4) is 0 Å². The van der Waals surface area contributed by atoms with Crippen molar-refractivity contribution in [1.29, 1.82) is 0 Å². The smallest absolute Gasteiger partial charge is 0.274 e. The van der Waals surface area contributed by atoms with E-state index in [-0.39, 0.29) is 12.0 Å². The number of nitrogens with one attached hydrogen (secondary N) is 1. The average Bonchev–Trinajstić information content (AvgIpc) is 3.40. The van der Waals surface area contributed by atoms with Crippen LogP contribution < -0.4 is 15.1 Å². The summed E-state index contributed by atoms with van der Waals surface area (Å²) in [5.74, 6) is 0.413. The van der Waals surface area contributed by atoms with Crippen molar-refractivity contribution in [1.82, 2.24) is 15.0 Å². The van der Waals surface area contributed by atoms with Gasteiger partial charge in [0.1, 0.15) is 11.5 Å². The van der Waals surface area contributed by atoms with Gasteiger partial charge in [0.25, 0.3) is 5.91 Å². The van der Waals surface area contributed by atoms with Gasteiger partial charge in [-0.25, -0.2) is 9.97 Å². The van der Waals surface area contributed by atoms with Crippen LogP contribution in [-0.2, 0) is 4.74 Å². The topological polar surface area (TPSA) is 104 Å². The predicted molar refractivity (Wildman–Crippen MR) is 120 cm³/mol. The number of carbonyl (C=O) groups excluding carboxylic acids is 1. The van der Waals surface area contributed by atoms with Crippen molar-refractivity contribution in [2.75, 3.05) is 54.5 Å². The molecule has 1 amide bonds. The van der Waals surface area contributed by atoms with Crippen LogP contribution in [0.25, 0.3) is 10.3 Å². The van der Waals surface area contributed by atoms with E-state index in [9.17, 15) is 9.90 Å². The van der Waals surface area contributed by atoms with Gasteiger partial charge in [-0.2, -0.15) is 4.98 Å². The van der Waals surface area contributed by atoms with Gasteiger partial charge in [0.2, 0.25) is 0 Å². The van der Waals surface area contributed by atoms with Gasteiger partial charge in [0, 0.05) is 26.2 Å². The third kappa shape index (κ3) is 4.18. The molecule has 0 bridgehead atoms. The second-order valence-electron chi connectivity index (χ2n) is 7.76. The fourth-order valence-electron chi connectivity index (χ4n) is 3.82. The van der Waals surface area contributed by atoms with Gasteiger partial charge in [-0.15, -0.1) is 0 Å². The number of aliphatic hydroxyl groups excluding tert-OH is 1. The van der Waals surface area contributed by atoms with Gasteiger partial charge in [-0.3, -0.25) is 4.79 Å². The molecule has 31 heavy (non-hydrogen) atoms. The van der Waals surface area contributed by atoms with E-state index in [2.05, 4.69) is 25.2 Å². The molecule has 1 atom stereocenters. The molecule has 162 valence electrons. The second-order valence-corrected chi connectivity index (χ2v) is 8.77. The summed E-state index contributed by atoms with van der Waals surface area (Å²) in [5.41, 5.74) is 2.38. The highest BCUT2D eigenvalue weighted by Gasteiger charge is 2.22. The van der Waals surface area contributed by atoms with Gasteiger partial charge < -0.3 is 25.0 Å². The molecule has 0 saturated carbocycles. The molecule has 3 aromatic rings. The number of rotatable bonds is 4. The lowest BCUT2D eigenvalue weighted by molar-refractivity contribution is 0.102. The summed E-state index contributed by atoms with van der Waals surface area (Å²) < 4.78 is 6.34. The fourth-order valence-corrected chi connectivity index (χ4v) is 4.82. The molecule has 3 aromatic heterocycles. The van der Waals surface area contributed by atoms with Crippen LogP contribution in [0.5, 0.6) is 0 Å². The molecular weight excluding hydrogens is 416 g/mol. The van der Waals surface area contributed by atoms with Crippen LogP contribution in [0.1, 0.15) is 22.6 Å². The molecule has 0 radical (unpaired) electrons. The molecule has 2 aliphatic rings. The molecule has 2 N–H and O–H groups in total. The van der Waals surface area contributed by atoms with Crippen molar-refractivity contribution in [3.63, 3.8) is 0 Å². The van der Waals surface area contributed by atoms with Gasteiger partial charge in [0.05, 0.1) is 35.4 Å². The standard InChI is InChI=1S/C21H24N6O3S/c1-13-16(11-17-19(22-13)25-21(31-17)26-7-9-30-10-8-26)24-20(29)15-3-2-4-18(23-15)27-6-5-14(28)12-27/h2-4,11,14,28H,5-10,12H2,1H3,(H,24,29). The Labute approximate surface area is 183 Å². The van der Waals surface area contributed by atoms with Gasteiger partial charge >= 0.3 is 0 Å². The second kappa shape index (κ2) is 8.37. The van der Waals surface area contributed by atoms with Crippen molar-refractivity contribution >= 4 is 44.2 Å². The van der Waals surface area contributed by atoms with Crippen molar-refractivity contribution in [2.45, 2.75) is 19.4 Å². The zero-order valence-electron chi connectivity index (χ0n) is 17.2. The Hall–Kier alpha value is -2.82. The van der Waals surface area contributed by atoms with Crippen molar-refractivity contribution in [2.24, 2.45) is 0 Å². The van der Waals surface area contributed by atoms with Crippen LogP contribution in [0.4, 0.5) is 16.6 Å². The first-order valence-corrected chi connectivity index (χ1v) is 11.2. The normalized spacial score (nSPS) is 19.2. The molecule has 9 nitrogen and oxygen atoms in total. The summed E-state index contributed by atoms with van der Waals surface area (Å²) in [6.07, 6.45) is 0.367. The summed E-state index contributed by atoms with van der Waals surface area (Å²) >= 11 is 1.57. The molecule has 2 saturated heterocycles. The number of carbonyl (C=O) groups is 1. The molecule has 1 unspecified atom stereocenters. The third-order valence-electron chi connectivity index (χ3n) is 5.55. The minimum absolute atomic E-state index is 0.288. The summed E-state index contributed by atoms with van der Waals surface area (Å²) in [5, 5.41) is 13.6. The monoisotopic (exact) mass is 440 g/mol. The summed E-state index contributed by atoms with van der Waals surface area (Å²) in [6, 6.07) is 7.29. The van der Waals surface area contributed by atoms with Crippen LogP contribution in [0.15, 0.2) is 24.3 Å². The highest BCUT2D eigenvalue weighted by molar-refractivity contribution is 7.22. The van der Waals surface area contributed by atoms with E-state index in [1.165, 1.54) is 0 Å². The maximum atomic E-state index is 12.9. The third-order valence-corrected chi connectivity index (χ3v) is 6.60. The number of pyridine rings is 2. The van der Waals surface area contributed by atoms with Gasteiger partial charge in [0.15, 0.2) is 10.8 Å². The number of aromatic nitrogens is 3. The summed E-state index contributed by atoms with van der Waals surface area (Å²) in [6.45, 7) is 6.16. The molecule has 5 rings (SSSR count). The van der Waals surface area contributed by atoms with Crippen LogP contribution >= 0.6 is 11.3 Å². The van der Waals surface area contributed by atoms with E-state index in [1.807, 2.05) is 30.0 Å². The number of β-amino-alcohol motifs (C(OH)–C–C–N with tert-alkyl or cyclic N) is 1. The summed E-state index contributed by atoms with van der Waals surface area (Å²) in [4.78, 5) is 30.8. The van der Waals surface area contributed by atoms with E-state index in [0.29, 0.717) is 54.7 Å². The van der Waals surface area contributed by atoms with E-state index >= 15 is 0 Å². The Morgan fingerprint density at radius 2 is 2.03 bits per heavy atom. The average molecular weight is 441 g/mol. The molecule has 0 spiro atoms. The highest BCUT2D eigenvalue weighted by Crippen LogP contribution is 2.31. The molecule has 2 fully saturated rings. The zero-order valence-corrected chi connectivity index (χ0v) is 18.1. The molecule has 0 aromatic carbocycles. The number of morpholine rings is 1. The van der Waals surface area contributed by atoms with Crippen molar-refractivity contribution < 1.29 is 14.6 Å².